The Labute approximate surface area is 329 Å². The average Bonchev–Trinajstić information content (AvgIpc) is 3.75. The smallest absolute Gasteiger partial charge is 0.309 e. The lowest BCUT2D eigenvalue weighted by Gasteiger charge is -2.36. The van der Waals surface area contributed by atoms with Crippen LogP contribution in [0.3, 0.4) is 0 Å². The lowest BCUT2D eigenvalue weighted by atomic mass is 9.89. The highest BCUT2D eigenvalue weighted by Gasteiger charge is 2.34. The van der Waals surface area contributed by atoms with E-state index in [0.717, 1.165) is 46.4 Å². The van der Waals surface area contributed by atoms with E-state index >= 15 is 0 Å². The van der Waals surface area contributed by atoms with Crippen LogP contribution in [-0.4, -0.2) is 87.9 Å². The van der Waals surface area contributed by atoms with Gasteiger partial charge in [-0.25, -0.2) is 23.1 Å². The highest BCUT2D eigenvalue weighted by atomic mass is 32.2. The molecule has 1 saturated heterocycles. The molecule has 5 aromatic rings. The second-order valence-electron chi connectivity index (χ2n) is 15.0. The summed E-state index contributed by atoms with van der Waals surface area (Å²) in [6.45, 7) is 4.26. The second-order valence-corrected chi connectivity index (χ2v) is 17.9. The normalized spacial score (nSPS) is 16.7. The zero-order chi connectivity index (χ0) is 39.0. The summed E-state index contributed by atoms with van der Waals surface area (Å²) in [6, 6.07) is 17.0. The minimum Gasteiger partial charge on any atom is -0.481 e. The van der Waals surface area contributed by atoms with Gasteiger partial charge in [-0.3, -0.25) is 24.4 Å². The summed E-state index contributed by atoms with van der Waals surface area (Å²) in [5.41, 5.74) is 5.19. The van der Waals surface area contributed by atoms with E-state index < -0.39 is 27.8 Å². The Bertz CT molecular complexity index is 2380. The number of benzene rings is 2. The van der Waals surface area contributed by atoms with Crippen molar-refractivity contribution >= 4 is 60.3 Å². The van der Waals surface area contributed by atoms with Gasteiger partial charge in [0.1, 0.15) is 11.5 Å². The molecule has 3 aromatic heterocycles. The predicted molar refractivity (Wildman–Crippen MR) is 214 cm³/mol. The number of carboxylic acids is 1. The third kappa shape index (κ3) is 8.04. The van der Waals surface area contributed by atoms with Gasteiger partial charge in [0.25, 0.3) is 11.8 Å². The van der Waals surface area contributed by atoms with Crippen LogP contribution in [0.2, 0.25) is 0 Å². The monoisotopic (exact) mass is 796 g/mol. The van der Waals surface area contributed by atoms with Crippen molar-refractivity contribution in [1.29, 1.82) is 0 Å². The number of pyridine rings is 1. The summed E-state index contributed by atoms with van der Waals surface area (Å²) in [5.74, 6) is -1.94. The van der Waals surface area contributed by atoms with Crippen LogP contribution in [0.15, 0.2) is 60.8 Å². The molecule has 292 valence electrons. The fourth-order valence-corrected chi connectivity index (χ4v) is 9.84. The number of aliphatic carboxylic acids is 1. The van der Waals surface area contributed by atoms with Crippen molar-refractivity contribution < 1.29 is 27.9 Å². The Hall–Kier alpha value is -5.19. The maximum Gasteiger partial charge on any atom is 0.309 e. The number of thiazole rings is 1. The molecule has 2 aliphatic heterocycles. The van der Waals surface area contributed by atoms with E-state index in [9.17, 15) is 27.9 Å². The van der Waals surface area contributed by atoms with E-state index in [1.54, 1.807) is 23.2 Å². The van der Waals surface area contributed by atoms with Crippen LogP contribution in [0.25, 0.3) is 21.3 Å². The Morgan fingerprint density at radius 2 is 1.75 bits per heavy atom. The molecule has 1 saturated carbocycles. The molecular weight excluding hydrogens is 753 g/mol. The van der Waals surface area contributed by atoms with E-state index in [-0.39, 0.29) is 37.0 Å². The van der Waals surface area contributed by atoms with Gasteiger partial charge in [0, 0.05) is 61.7 Å². The Morgan fingerprint density at radius 1 is 0.946 bits per heavy atom. The van der Waals surface area contributed by atoms with Gasteiger partial charge in [-0.1, -0.05) is 54.9 Å². The molecule has 0 atom stereocenters. The SMILES string of the molecule is Cc1c(-c2ccc(N3CCc4cccc(C(=O)Nc5nc6ccccc6s5)c4C3)nc2C(=O)NS(=O)(=O)CCN2CC(C(=O)O)C2)cnn1CC1CCCCC1. The molecule has 56 heavy (non-hydrogen) atoms. The van der Waals surface area contributed by atoms with Crippen LogP contribution in [0.1, 0.15) is 69.8 Å². The number of para-hydroxylation sites is 1. The molecule has 2 amide bonds. The van der Waals surface area contributed by atoms with Crippen molar-refractivity contribution in [1.82, 2.24) is 29.4 Å². The fourth-order valence-electron chi connectivity index (χ4n) is 8.00. The number of likely N-dealkylation sites (tertiary alicyclic amines) is 1. The predicted octanol–water partition coefficient (Wildman–Crippen LogP) is 5.33. The van der Waals surface area contributed by atoms with Gasteiger partial charge in [0.15, 0.2) is 5.13 Å². The van der Waals surface area contributed by atoms with Crippen molar-refractivity contribution in [2.75, 3.05) is 42.1 Å². The molecule has 16 heteroatoms. The van der Waals surface area contributed by atoms with Crippen LogP contribution < -0.4 is 14.9 Å². The quantitative estimate of drug-likeness (QED) is 0.149. The minimum absolute atomic E-state index is 0.0473. The first kappa shape index (κ1) is 37.7. The molecule has 3 aliphatic rings. The highest BCUT2D eigenvalue weighted by molar-refractivity contribution is 7.90. The molecule has 14 nitrogen and oxygen atoms in total. The van der Waals surface area contributed by atoms with Gasteiger partial charge in [-0.05, 0) is 73.6 Å². The van der Waals surface area contributed by atoms with Crippen molar-refractivity contribution in [2.45, 2.75) is 58.5 Å². The van der Waals surface area contributed by atoms with Crippen molar-refractivity contribution in [2.24, 2.45) is 11.8 Å². The third-order valence-electron chi connectivity index (χ3n) is 11.2. The number of nitrogens with zero attached hydrogens (tertiary/aromatic N) is 6. The number of anilines is 2. The van der Waals surface area contributed by atoms with E-state index in [2.05, 4.69) is 20.1 Å². The number of carboxylic acid groups (broad SMARTS) is 1. The van der Waals surface area contributed by atoms with E-state index in [1.165, 1.54) is 30.6 Å². The standard InChI is InChI=1S/C40H44N8O6S2/c1-25-31(20-41-48(25)21-26-8-3-2-4-9-26)29-14-15-35(43-36(29)38(50)45-56(53,54)19-18-46-22-28(23-46)39(51)52)47-17-16-27-10-7-11-30(32(27)24-47)37(49)44-40-42-33-12-5-6-13-34(33)55-40/h5-7,10-15,20,26,28H,2-4,8-9,16-19,21-24H2,1H3,(H,45,50)(H,51,52)(H,42,44,49). The number of fused-ring (bicyclic) bond motifs is 2. The molecule has 2 fully saturated rings. The number of rotatable bonds is 12. The summed E-state index contributed by atoms with van der Waals surface area (Å²) in [6.07, 6.45) is 8.30. The van der Waals surface area contributed by atoms with Gasteiger partial charge in [-0.15, -0.1) is 0 Å². The molecule has 0 unspecified atom stereocenters. The molecule has 1 aliphatic carbocycles. The first-order chi connectivity index (χ1) is 27.0. The maximum atomic E-state index is 14.0. The van der Waals surface area contributed by atoms with Crippen LogP contribution >= 0.6 is 11.3 Å². The first-order valence-electron chi connectivity index (χ1n) is 19.1. The van der Waals surface area contributed by atoms with Crippen LogP contribution in [0.5, 0.6) is 0 Å². The molecule has 3 N–H and O–H groups in total. The zero-order valence-corrected chi connectivity index (χ0v) is 32.7. The van der Waals surface area contributed by atoms with Gasteiger partial charge in [0.2, 0.25) is 10.0 Å². The number of aromatic nitrogens is 4. The molecule has 5 heterocycles. The summed E-state index contributed by atoms with van der Waals surface area (Å²) in [4.78, 5) is 52.1. The highest BCUT2D eigenvalue weighted by Crippen LogP contribution is 2.33. The number of carbonyl (C=O) groups is 3. The minimum atomic E-state index is -4.10. The van der Waals surface area contributed by atoms with Gasteiger partial charge in [-0.2, -0.15) is 5.10 Å². The molecule has 0 spiro atoms. The molecule has 0 radical (unpaired) electrons. The number of sulfonamides is 1. The summed E-state index contributed by atoms with van der Waals surface area (Å²) in [5, 5.41) is 17.4. The number of carbonyl (C=O) groups excluding carboxylic acids is 2. The third-order valence-corrected chi connectivity index (χ3v) is 13.4. The number of nitrogens with one attached hydrogen (secondary N) is 2. The fraction of sp³-hybridized carbons (Fsp3) is 0.400. The van der Waals surface area contributed by atoms with E-state index in [1.807, 2.05) is 59.0 Å². The van der Waals surface area contributed by atoms with Crippen molar-refractivity contribution in [3.8, 4) is 11.1 Å². The van der Waals surface area contributed by atoms with Crippen molar-refractivity contribution in [3.05, 3.63) is 88.9 Å². The topological polar surface area (TPSA) is 180 Å². The van der Waals surface area contributed by atoms with Crippen molar-refractivity contribution in [3.63, 3.8) is 0 Å². The van der Waals surface area contributed by atoms with Gasteiger partial charge in [0.05, 0.1) is 28.1 Å². The first-order valence-corrected chi connectivity index (χ1v) is 21.5. The summed E-state index contributed by atoms with van der Waals surface area (Å²) < 4.78 is 31.7. The lowest BCUT2D eigenvalue weighted by molar-refractivity contribution is -0.147. The second kappa shape index (κ2) is 15.7. The lowest BCUT2D eigenvalue weighted by Crippen LogP contribution is -2.52. The average molecular weight is 797 g/mol. The summed E-state index contributed by atoms with van der Waals surface area (Å²) in [7, 11) is -4.10. The Morgan fingerprint density at radius 3 is 2.54 bits per heavy atom. The number of hydrogen-bond acceptors (Lipinski definition) is 11. The number of amides is 2. The van der Waals surface area contributed by atoms with Crippen LogP contribution in [0.4, 0.5) is 10.9 Å². The van der Waals surface area contributed by atoms with E-state index in [4.69, 9.17) is 4.98 Å². The molecule has 8 rings (SSSR count). The van der Waals surface area contributed by atoms with Crippen LogP contribution in [0, 0.1) is 18.8 Å². The van der Waals surface area contributed by atoms with Crippen LogP contribution in [-0.2, 0) is 34.3 Å². The van der Waals surface area contributed by atoms with Gasteiger partial charge >= 0.3 is 5.97 Å². The Kier molecular flexibility index (Phi) is 10.6. The summed E-state index contributed by atoms with van der Waals surface area (Å²) >= 11 is 1.41. The maximum absolute atomic E-state index is 14.0. The number of hydrogen-bond donors (Lipinski definition) is 3. The zero-order valence-electron chi connectivity index (χ0n) is 31.1. The Balaban J connectivity index is 1.06. The largest absolute Gasteiger partial charge is 0.481 e. The molecule has 2 aromatic carbocycles. The van der Waals surface area contributed by atoms with E-state index in [0.29, 0.717) is 53.1 Å². The van der Waals surface area contributed by atoms with Gasteiger partial charge < -0.3 is 14.9 Å². The molecular formula is C40H44N8O6S2. The molecule has 0 bridgehead atoms.